The second-order valence-electron chi connectivity index (χ2n) is 5.22. The van der Waals surface area contributed by atoms with Gasteiger partial charge in [-0.2, -0.15) is 0 Å². The van der Waals surface area contributed by atoms with Gasteiger partial charge in [0, 0.05) is 6.07 Å². The molecule has 3 rings (SSSR count). The quantitative estimate of drug-likeness (QED) is 0.645. The van der Waals surface area contributed by atoms with E-state index in [0.29, 0.717) is 41.4 Å². The van der Waals surface area contributed by atoms with Crippen molar-refractivity contribution in [2.24, 2.45) is 0 Å². The first-order chi connectivity index (χ1) is 11.7. The molecule has 124 valence electrons. The zero-order chi connectivity index (χ0) is 16.9. The molecule has 0 bridgehead atoms. The van der Waals surface area contributed by atoms with Crippen LogP contribution in [0.3, 0.4) is 0 Å². The molecule has 0 aliphatic heterocycles. The number of fused-ring (bicyclic) bond motifs is 1. The maximum atomic E-state index is 12.8. The molecule has 0 unspecified atom stereocenters. The Morgan fingerprint density at radius 2 is 1.96 bits per heavy atom. The van der Waals surface area contributed by atoms with Crippen molar-refractivity contribution in [1.29, 1.82) is 0 Å². The van der Waals surface area contributed by atoms with Crippen molar-refractivity contribution >= 4 is 22.5 Å². The Kier molecular flexibility index (Phi) is 5.01. The molecule has 0 N–H and O–H groups in total. The van der Waals surface area contributed by atoms with Crippen molar-refractivity contribution in [2.45, 2.75) is 6.54 Å². The van der Waals surface area contributed by atoms with Gasteiger partial charge >= 0.3 is 0 Å². The lowest BCUT2D eigenvalue weighted by Crippen LogP contribution is -2.21. The van der Waals surface area contributed by atoms with Gasteiger partial charge in [0.15, 0.2) is 11.5 Å². The van der Waals surface area contributed by atoms with E-state index in [1.54, 1.807) is 30.1 Å². The number of alkyl halides is 1. The van der Waals surface area contributed by atoms with Crippen LogP contribution in [-0.4, -0.2) is 29.1 Å². The standard InChI is InChI=1S/C18H17ClN2O3/c1-23-16-10-15-14(9-17(16)24-8-7-19)18(22)21(12-20-15)11-13-5-3-2-4-6-13/h2-6,9-10,12H,7-8,11H2,1H3. The summed E-state index contributed by atoms with van der Waals surface area (Å²) in [6.45, 7) is 0.800. The fourth-order valence-corrected chi connectivity index (χ4v) is 2.56. The first kappa shape index (κ1) is 16.3. The number of hydrogen-bond acceptors (Lipinski definition) is 4. The third-order valence-corrected chi connectivity index (χ3v) is 3.79. The van der Waals surface area contributed by atoms with Crippen LogP contribution in [0, 0.1) is 0 Å². The van der Waals surface area contributed by atoms with Crippen molar-refractivity contribution in [3.63, 3.8) is 0 Å². The van der Waals surface area contributed by atoms with Gasteiger partial charge in [0.2, 0.25) is 0 Å². The number of rotatable bonds is 6. The summed E-state index contributed by atoms with van der Waals surface area (Å²) in [5.41, 5.74) is 1.48. The van der Waals surface area contributed by atoms with E-state index in [-0.39, 0.29) is 5.56 Å². The molecule has 6 heteroatoms. The summed E-state index contributed by atoms with van der Waals surface area (Å²) >= 11 is 5.67. The molecule has 24 heavy (non-hydrogen) atoms. The number of hydrogen-bond donors (Lipinski definition) is 0. The average molecular weight is 345 g/mol. The van der Waals surface area contributed by atoms with Gasteiger partial charge in [-0.25, -0.2) is 4.98 Å². The minimum absolute atomic E-state index is 0.123. The van der Waals surface area contributed by atoms with Gasteiger partial charge in [-0.1, -0.05) is 30.3 Å². The van der Waals surface area contributed by atoms with E-state index >= 15 is 0 Å². The molecule has 0 saturated carbocycles. The SMILES string of the molecule is COc1cc2ncn(Cc3ccccc3)c(=O)c2cc1OCCCl. The molecule has 0 spiro atoms. The van der Waals surface area contributed by atoms with Gasteiger partial charge in [-0.3, -0.25) is 9.36 Å². The van der Waals surface area contributed by atoms with Crippen molar-refractivity contribution in [3.8, 4) is 11.5 Å². The summed E-state index contributed by atoms with van der Waals surface area (Å²) in [7, 11) is 1.55. The maximum absolute atomic E-state index is 12.8. The van der Waals surface area contributed by atoms with Crippen LogP contribution in [0.4, 0.5) is 0 Å². The lowest BCUT2D eigenvalue weighted by molar-refractivity contribution is 0.313. The predicted molar refractivity (Wildman–Crippen MR) is 94.3 cm³/mol. The fourth-order valence-electron chi connectivity index (χ4n) is 2.48. The van der Waals surface area contributed by atoms with Crippen LogP contribution in [-0.2, 0) is 6.54 Å². The molecule has 3 aromatic rings. The summed E-state index contributed by atoms with van der Waals surface area (Å²) in [4.78, 5) is 17.1. The number of ether oxygens (including phenoxy) is 2. The minimum atomic E-state index is -0.123. The molecule has 0 amide bonds. The Hall–Kier alpha value is -2.53. The molecule has 0 saturated heterocycles. The highest BCUT2D eigenvalue weighted by molar-refractivity contribution is 6.18. The van der Waals surface area contributed by atoms with E-state index in [1.165, 1.54) is 0 Å². The van der Waals surface area contributed by atoms with Crippen LogP contribution in [0.5, 0.6) is 11.5 Å². The van der Waals surface area contributed by atoms with Gasteiger partial charge < -0.3 is 9.47 Å². The highest BCUT2D eigenvalue weighted by Gasteiger charge is 2.12. The summed E-state index contributed by atoms with van der Waals surface area (Å²) < 4.78 is 12.4. The molecule has 5 nitrogen and oxygen atoms in total. The summed E-state index contributed by atoms with van der Waals surface area (Å²) in [6, 6.07) is 13.1. The molecule has 2 aromatic carbocycles. The first-order valence-corrected chi connectivity index (χ1v) is 8.06. The number of nitrogens with zero attached hydrogens (tertiary/aromatic N) is 2. The number of aromatic nitrogens is 2. The lowest BCUT2D eigenvalue weighted by Gasteiger charge is -2.12. The van der Waals surface area contributed by atoms with Crippen molar-refractivity contribution in [2.75, 3.05) is 19.6 Å². The van der Waals surface area contributed by atoms with Crippen LogP contribution < -0.4 is 15.0 Å². The van der Waals surface area contributed by atoms with Gasteiger partial charge in [0.05, 0.1) is 36.8 Å². The third kappa shape index (κ3) is 3.36. The molecule has 1 heterocycles. The maximum Gasteiger partial charge on any atom is 0.261 e. The Morgan fingerprint density at radius 3 is 2.67 bits per heavy atom. The van der Waals surface area contributed by atoms with E-state index < -0.39 is 0 Å². The Bertz CT molecular complexity index is 894. The second-order valence-corrected chi connectivity index (χ2v) is 5.60. The first-order valence-electron chi connectivity index (χ1n) is 7.53. The average Bonchev–Trinajstić information content (AvgIpc) is 2.62. The Morgan fingerprint density at radius 1 is 1.17 bits per heavy atom. The molecule has 0 atom stereocenters. The highest BCUT2D eigenvalue weighted by atomic mass is 35.5. The highest BCUT2D eigenvalue weighted by Crippen LogP contribution is 2.30. The topological polar surface area (TPSA) is 53.4 Å². The molecular weight excluding hydrogens is 328 g/mol. The zero-order valence-electron chi connectivity index (χ0n) is 13.2. The van der Waals surface area contributed by atoms with Gasteiger partial charge in [-0.15, -0.1) is 11.6 Å². The normalized spacial score (nSPS) is 10.8. The van der Waals surface area contributed by atoms with Gasteiger partial charge in [-0.05, 0) is 11.6 Å². The molecule has 0 aliphatic rings. The largest absolute Gasteiger partial charge is 0.493 e. The number of methoxy groups -OCH3 is 1. The Balaban J connectivity index is 2.05. The Labute approximate surface area is 144 Å². The van der Waals surface area contributed by atoms with Crippen LogP contribution in [0.1, 0.15) is 5.56 Å². The second kappa shape index (κ2) is 7.36. The van der Waals surface area contributed by atoms with E-state index in [9.17, 15) is 4.79 Å². The van der Waals surface area contributed by atoms with Crippen LogP contribution in [0.25, 0.3) is 10.9 Å². The van der Waals surface area contributed by atoms with E-state index in [0.717, 1.165) is 5.56 Å². The molecule has 0 fully saturated rings. The third-order valence-electron chi connectivity index (χ3n) is 3.64. The number of benzene rings is 2. The molecular formula is C18H17ClN2O3. The van der Waals surface area contributed by atoms with Crippen molar-refractivity contribution in [1.82, 2.24) is 9.55 Å². The molecule has 1 aromatic heterocycles. The van der Waals surface area contributed by atoms with E-state index in [1.807, 2.05) is 30.3 Å². The smallest absolute Gasteiger partial charge is 0.261 e. The van der Waals surface area contributed by atoms with Crippen LogP contribution >= 0.6 is 11.6 Å². The summed E-state index contributed by atoms with van der Waals surface area (Å²) in [5.74, 6) is 1.37. The van der Waals surface area contributed by atoms with E-state index in [2.05, 4.69) is 4.98 Å². The predicted octanol–water partition coefficient (Wildman–Crippen LogP) is 3.07. The van der Waals surface area contributed by atoms with Crippen molar-refractivity contribution in [3.05, 3.63) is 64.7 Å². The lowest BCUT2D eigenvalue weighted by atomic mass is 10.2. The van der Waals surface area contributed by atoms with Crippen LogP contribution in [0.2, 0.25) is 0 Å². The summed E-state index contributed by atoms with van der Waals surface area (Å²) in [5, 5.41) is 0.485. The minimum Gasteiger partial charge on any atom is -0.493 e. The zero-order valence-corrected chi connectivity index (χ0v) is 14.0. The number of halogens is 1. The molecule has 0 radical (unpaired) electrons. The van der Waals surface area contributed by atoms with Gasteiger partial charge in [0.1, 0.15) is 6.61 Å². The van der Waals surface area contributed by atoms with Crippen LogP contribution in [0.15, 0.2) is 53.6 Å². The monoisotopic (exact) mass is 344 g/mol. The molecule has 0 aliphatic carbocycles. The summed E-state index contributed by atoms with van der Waals surface area (Å²) in [6.07, 6.45) is 1.55. The fraction of sp³-hybridized carbons (Fsp3) is 0.222. The van der Waals surface area contributed by atoms with E-state index in [4.69, 9.17) is 21.1 Å². The van der Waals surface area contributed by atoms with Gasteiger partial charge in [0.25, 0.3) is 5.56 Å². The van der Waals surface area contributed by atoms with Crippen molar-refractivity contribution < 1.29 is 9.47 Å².